The Kier molecular flexibility index (Phi) is 4.85. The molecule has 3 heterocycles. The molecule has 4 rings (SSSR count). The summed E-state index contributed by atoms with van der Waals surface area (Å²) in [6.07, 6.45) is 1.67. The lowest BCUT2D eigenvalue weighted by atomic mass is 10.1. The molecular formula is C17H18ClN7O2. The molecular weight excluding hydrogens is 370 g/mol. The minimum Gasteiger partial charge on any atom is -0.342 e. The topological polar surface area (TPSA) is 103 Å². The van der Waals surface area contributed by atoms with E-state index < -0.39 is 0 Å². The molecule has 0 N–H and O–H groups in total. The van der Waals surface area contributed by atoms with Crippen LogP contribution in [0.4, 0.5) is 0 Å². The van der Waals surface area contributed by atoms with Crippen LogP contribution in [0.3, 0.4) is 0 Å². The summed E-state index contributed by atoms with van der Waals surface area (Å²) >= 11 is 5.91. The van der Waals surface area contributed by atoms with E-state index in [0.717, 1.165) is 18.4 Å². The number of likely N-dealkylation sites (tertiary alicyclic amines) is 1. The van der Waals surface area contributed by atoms with Gasteiger partial charge in [-0.15, -0.1) is 10.2 Å². The van der Waals surface area contributed by atoms with Crippen LogP contribution < -0.4 is 0 Å². The van der Waals surface area contributed by atoms with Crippen LogP contribution in [-0.2, 0) is 11.2 Å². The molecule has 0 atom stereocenters. The second-order valence-corrected chi connectivity index (χ2v) is 6.90. The average molecular weight is 388 g/mol. The number of aromatic nitrogens is 6. The third-order valence-corrected chi connectivity index (χ3v) is 4.80. The Bertz CT molecular complexity index is 929. The highest BCUT2D eigenvalue weighted by atomic mass is 35.5. The van der Waals surface area contributed by atoms with E-state index in [1.54, 1.807) is 23.9 Å². The Balaban J connectivity index is 1.35. The molecule has 0 radical (unpaired) electrons. The van der Waals surface area contributed by atoms with Gasteiger partial charge in [0.1, 0.15) is 6.42 Å². The second kappa shape index (κ2) is 7.43. The van der Waals surface area contributed by atoms with E-state index in [1.165, 1.54) is 0 Å². The van der Waals surface area contributed by atoms with Gasteiger partial charge in [0, 0.05) is 23.7 Å². The minimum atomic E-state index is -0.00879. The normalized spacial score (nSPS) is 15.3. The van der Waals surface area contributed by atoms with Gasteiger partial charge in [0.15, 0.2) is 5.82 Å². The third kappa shape index (κ3) is 3.97. The summed E-state index contributed by atoms with van der Waals surface area (Å²) in [4.78, 5) is 19.9. The maximum atomic E-state index is 12.4. The molecule has 1 saturated heterocycles. The number of carbonyl (C=O) groups excluding carboxylic acids is 1. The van der Waals surface area contributed by atoms with Gasteiger partial charge in [0.25, 0.3) is 0 Å². The van der Waals surface area contributed by atoms with Gasteiger partial charge in [-0.1, -0.05) is 16.8 Å². The average Bonchev–Trinajstić information content (AvgIpc) is 3.32. The smallest absolute Gasteiger partial charge is 0.236 e. The molecule has 1 fully saturated rings. The van der Waals surface area contributed by atoms with E-state index in [0.29, 0.717) is 35.7 Å². The van der Waals surface area contributed by atoms with Crippen molar-refractivity contribution in [3.8, 4) is 11.4 Å². The van der Waals surface area contributed by atoms with E-state index in [1.807, 2.05) is 17.0 Å². The highest BCUT2D eigenvalue weighted by Gasteiger charge is 2.26. The molecule has 1 aliphatic heterocycles. The molecule has 1 aromatic carbocycles. The fraction of sp³-hybridized carbons (Fsp3) is 0.412. The number of benzene rings is 1. The van der Waals surface area contributed by atoms with Gasteiger partial charge in [-0.2, -0.15) is 9.78 Å². The number of hydrogen-bond acceptors (Lipinski definition) is 7. The van der Waals surface area contributed by atoms with Crippen molar-refractivity contribution < 1.29 is 9.32 Å². The Morgan fingerprint density at radius 2 is 2.00 bits per heavy atom. The number of nitrogens with zero attached hydrogens (tertiary/aromatic N) is 7. The fourth-order valence-corrected chi connectivity index (χ4v) is 3.22. The largest absolute Gasteiger partial charge is 0.342 e. The van der Waals surface area contributed by atoms with Crippen LogP contribution in [0, 0.1) is 6.92 Å². The quantitative estimate of drug-likeness (QED) is 0.675. The third-order valence-electron chi connectivity index (χ3n) is 4.55. The number of amides is 1. The maximum absolute atomic E-state index is 12.4. The molecule has 10 heteroatoms. The van der Waals surface area contributed by atoms with Crippen LogP contribution in [0.5, 0.6) is 0 Å². The summed E-state index contributed by atoms with van der Waals surface area (Å²) in [5.41, 5.74) is 0.869. The summed E-state index contributed by atoms with van der Waals surface area (Å²) in [7, 11) is 0. The zero-order chi connectivity index (χ0) is 18.8. The summed E-state index contributed by atoms with van der Waals surface area (Å²) in [5, 5.41) is 17.2. The fourth-order valence-electron chi connectivity index (χ4n) is 3.09. The van der Waals surface area contributed by atoms with Crippen molar-refractivity contribution in [3.05, 3.63) is 41.0 Å². The number of halogens is 1. The van der Waals surface area contributed by atoms with Crippen molar-refractivity contribution in [3.63, 3.8) is 0 Å². The van der Waals surface area contributed by atoms with Crippen molar-refractivity contribution in [2.24, 2.45) is 0 Å². The Labute approximate surface area is 160 Å². The van der Waals surface area contributed by atoms with Gasteiger partial charge in [-0.25, -0.2) is 0 Å². The van der Waals surface area contributed by atoms with E-state index in [2.05, 4.69) is 25.6 Å². The maximum Gasteiger partial charge on any atom is 0.236 e. The number of aryl methyl sites for hydroxylation is 1. The van der Waals surface area contributed by atoms with Crippen LogP contribution in [-0.4, -0.2) is 54.2 Å². The Morgan fingerprint density at radius 3 is 2.67 bits per heavy atom. The molecule has 27 heavy (non-hydrogen) atoms. The summed E-state index contributed by atoms with van der Waals surface area (Å²) in [5.74, 6) is 1.44. The first-order valence-electron chi connectivity index (χ1n) is 8.71. The number of rotatable bonds is 4. The molecule has 0 spiro atoms. The number of hydrogen-bond donors (Lipinski definition) is 0. The van der Waals surface area contributed by atoms with Gasteiger partial charge in [0.2, 0.25) is 17.6 Å². The predicted molar refractivity (Wildman–Crippen MR) is 95.9 cm³/mol. The lowest BCUT2D eigenvalue weighted by Gasteiger charge is -2.30. The molecule has 0 saturated carbocycles. The van der Waals surface area contributed by atoms with Gasteiger partial charge in [0.05, 0.1) is 6.04 Å². The van der Waals surface area contributed by atoms with Crippen molar-refractivity contribution in [2.75, 3.05) is 13.1 Å². The first kappa shape index (κ1) is 17.6. The molecule has 1 amide bonds. The molecule has 3 aromatic rings. The first-order valence-corrected chi connectivity index (χ1v) is 9.09. The predicted octanol–water partition coefficient (Wildman–Crippen LogP) is 2.09. The van der Waals surface area contributed by atoms with Crippen LogP contribution in [0.25, 0.3) is 11.4 Å². The van der Waals surface area contributed by atoms with E-state index in [9.17, 15) is 4.79 Å². The zero-order valence-corrected chi connectivity index (χ0v) is 15.5. The minimum absolute atomic E-state index is 0.00879. The summed E-state index contributed by atoms with van der Waals surface area (Å²) < 4.78 is 5.02. The number of carbonyl (C=O) groups is 1. The van der Waals surface area contributed by atoms with Crippen LogP contribution in [0.15, 0.2) is 28.8 Å². The lowest BCUT2D eigenvalue weighted by Crippen LogP contribution is -2.40. The second-order valence-electron chi connectivity index (χ2n) is 6.46. The SMILES string of the molecule is Cc1noc(CC(=O)N2CCC(n3nnc(-c4ccc(Cl)cc4)n3)CC2)n1. The van der Waals surface area contributed by atoms with Crippen LogP contribution in [0.2, 0.25) is 5.02 Å². The molecule has 0 bridgehead atoms. The van der Waals surface area contributed by atoms with Crippen LogP contribution >= 0.6 is 11.6 Å². The highest BCUT2D eigenvalue weighted by Crippen LogP contribution is 2.23. The molecule has 1 aliphatic rings. The molecule has 2 aromatic heterocycles. The van der Waals surface area contributed by atoms with Crippen molar-refractivity contribution in [1.29, 1.82) is 0 Å². The van der Waals surface area contributed by atoms with E-state index in [-0.39, 0.29) is 18.4 Å². The van der Waals surface area contributed by atoms with E-state index in [4.69, 9.17) is 16.1 Å². The standard InChI is InChI=1S/C17H18ClN7O2/c1-11-19-15(27-22-11)10-16(26)24-8-6-14(7-9-24)25-21-17(20-23-25)12-2-4-13(18)5-3-12/h2-5,14H,6-10H2,1H3. The Morgan fingerprint density at radius 1 is 1.26 bits per heavy atom. The van der Waals surface area contributed by atoms with Gasteiger partial charge >= 0.3 is 0 Å². The molecule has 9 nitrogen and oxygen atoms in total. The van der Waals surface area contributed by atoms with Gasteiger partial charge in [-0.05, 0) is 49.2 Å². The number of piperidine rings is 1. The van der Waals surface area contributed by atoms with Crippen molar-refractivity contribution in [2.45, 2.75) is 32.2 Å². The van der Waals surface area contributed by atoms with Gasteiger partial charge < -0.3 is 9.42 Å². The van der Waals surface area contributed by atoms with E-state index >= 15 is 0 Å². The summed E-state index contributed by atoms with van der Waals surface area (Å²) in [6.45, 7) is 3.00. The Hall–Kier alpha value is -2.81. The molecule has 140 valence electrons. The lowest BCUT2D eigenvalue weighted by molar-refractivity contribution is -0.132. The molecule has 0 unspecified atom stereocenters. The van der Waals surface area contributed by atoms with Gasteiger partial charge in [-0.3, -0.25) is 4.79 Å². The van der Waals surface area contributed by atoms with Crippen molar-refractivity contribution in [1.82, 2.24) is 35.2 Å². The molecule has 0 aliphatic carbocycles. The zero-order valence-electron chi connectivity index (χ0n) is 14.7. The highest BCUT2D eigenvalue weighted by molar-refractivity contribution is 6.30. The van der Waals surface area contributed by atoms with Crippen LogP contribution in [0.1, 0.15) is 30.6 Å². The summed E-state index contributed by atoms with van der Waals surface area (Å²) in [6, 6.07) is 7.45. The van der Waals surface area contributed by atoms with Crippen molar-refractivity contribution >= 4 is 17.5 Å². The number of tetrazole rings is 1. The first-order chi connectivity index (χ1) is 13.1. The monoisotopic (exact) mass is 387 g/mol.